The second-order valence-corrected chi connectivity index (χ2v) is 6.84. The molecule has 1 N–H and O–H groups in total. The van der Waals surface area contributed by atoms with Crippen LogP contribution in [0.5, 0.6) is 0 Å². The summed E-state index contributed by atoms with van der Waals surface area (Å²) in [5, 5.41) is 3.20. The van der Waals surface area contributed by atoms with E-state index in [0.717, 1.165) is 31.2 Å². The van der Waals surface area contributed by atoms with Crippen LogP contribution in [0.2, 0.25) is 0 Å². The summed E-state index contributed by atoms with van der Waals surface area (Å²) in [7, 11) is 0. The number of rotatable bonds is 6. The Labute approximate surface area is 154 Å². The maximum atomic E-state index is 12.8. The number of amides is 2. The van der Waals surface area contributed by atoms with Crippen LogP contribution in [-0.2, 0) is 4.79 Å². The van der Waals surface area contributed by atoms with Crippen molar-refractivity contribution in [2.24, 2.45) is 0 Å². The summed E-state index contributed by atoms with van der Waals surface area (Å²) < 4.78 is 4.99. The first-order chi connectivity index (χ1) is 12.7. The number of nitrogens with one attached hydrogen (secondary N) is 1. The van der Waals surface area contributed by atoms with Crippen molar-refractivity contribution in [2.75, 3.05) is 13.1 Å². The molecule has 1 aliphatic rings. The van der Waals surface area contributed by atoms with E-state index in [9.17, 15) is 9.59 Å². The molecule has 5 nitrogen and oxygen atoms in total. The van der Waals surface area contributed by atoms with Gasteiger partial charge in [0.15, 0.2) is 0 Å². The Kier molecular flexibility index (Phi) is 6.10. The van der Waals surface area contributed by atoms with Crippen molar-refractivity contribution in [3.8, 4) is 0 Å². The highest BCUT2D eigenvalue weighted by molar-refractivity contribution is 5.93. The maximum Gasteiger partial charge on any atom is 0.257 e. The molecular weight excluding hydrogens is 328 g/mol. The van der Waals surface area contributed by atoms with Crippen molar-refractivity contribution < 1.29 is 14.0 Å². The molecule has 0 aliphatic carbocycles. The Hall–Kier alpha value is -2.56. The highest BCUT2D eigenvalue weighted by Crippen LogP contribution is 2.22. The number of hydrogen-bond acceptors (Lipinski definition) is 3. The average molecular weight is 354 g/mol. The number of piperidine rings is 1. The largest absolute Gasteiger partial charge is 0.472 e. The number of benzene rings is 1. The summed E-state index contributed by atoms with van der Waals surface area (Å²) in [6.45, 7) is 3.40. The number of carbonyl (C=O) groups excluding carboxylic acids is 2. The zero-order chi connectivity index (χ0) is 18.4. The van der Waals surface area contributed by atoms with Crippen molar-refractivity contribution in [3.05, 3.63) is 60.1 Å². The maximum absolute atomic E-state index is 12.8. The first kappa shape index (κ1) is 18.2. The van der Waals surface area contributed by atoms with Crippen LogP contribution in [0, 0.1) is 0 Å². The minimum Gasteiger partial charge on any atom is -0.472 e. The molecule has 2 aromatic rings. The van der Waals surface area contributed by atoms with Gasteiger partial charge in [-0.2, -0.15) is 0 Å². The highest BCUT2D eigenvalue weighted by atomic mass is 16.3. The summed E-state index contributed by atoms with van der Waals surface area (Å²) in [5.74, 6) is -0.0128. The molecule has 2 amide bonds. The van der Waals surface area contributed by atoms with E-state index in [4.69, 9.17) is 4.42 Å². The average Bonchev–Trinajstić information content (AvgIpc) is 3.21. The zero-order valence-corrected chi connectivity index (χ0v) is 15.2. The Morgan fingerprint density at radius 3 is 2.54 bits per heavy atom. The standard InChI is InChI=1S/C21H26N2O3/c1-2-6-19(16-7-4-3-5-8-16)20(24)22-18-9-12-23(13-10-18)21(25)17-11-14-26-15-17/h3-5,7-8,11,14-15,18-19H,2,6,9-10,12-13H2,1H3,(H,22,24). The topological polar surface area (TPSA) is 62.6 Å². The summed E-state index contributed by atoms with van der Waals surface area (Å²) in [6, 6.07) is 11.8. The quantitative estimate of drug-likeness (QED) is 0.862. The van der Waals surface area contributed by atoms with Gasteiger partial charge < -0.3 is 14.6 Å². The van der Waals surface area contributed by atoms with Crippen LogP contribution in [0.15, 0.2) is 53.3 Å². The van der Waals surface area contributed by atoms with E-state index in [1.54, 1.807) is 6.07 Å². The molecular formula is C21H26N2O3. The van der Waals surface area contributed by atoms with Gasteiger partial charge in [0, 0.05) is 19.1 Å². The Morgan fingerprint density at radius 1 is 1.19 bits per heavy atom. The molecule has 1 saturated heterocycles. The van der Waals surface area contributed by atoms with E-state index in [1.807, 2.05) is 35.2 Å². The molecule has 1 unspecified atom stereocenters. The van der Waals surface area contributed by atoms with Crippen LogP contribution >= 0.6 is 0 Å². The number of furan rings is 1. The van der Waals surface area contributed by atoms with Gasteiger partial charge in [0.2, 0.25) is 5.91 Å². The van der Waals surface area contributed by atoms with Gasteiger partial charge in [-0.15, -0.1) is 0 Å². The first-order valence-corrected chi connectivity index (χ1v) is 9.35. The molecule has 0 bridgehead atoms. The van der Waals surface area contributed by atoms with Crippen molar-refractivity contribution in [1.82, 2.24) is 10.2 Å². The zero-order valence-electron chi connectivity index (χ0n) is 15.2. The number of hydrogen-bond donors (Lipinski definition) is 1. The van der Waals surface area contributed by atoms with Crippen molar-refractivity contribution in [3.63, 3.8) is 0 Å². The van der Waals surface area contributed by atoms with Crippen LogP contribution in [0.1, 0.15) is 54.4 Å². The van der Waals surface area contributed by atoms with E-state index in [2.05, 4.69) is 12.2 Å². The molecule has 5 heteroatoms. The third-order valence-corrected chi connectivity index (χ3v) is 4.99. The van der Waals surface area contributed by atoms with Crippen molar-refractivity contribution in [2.45, 2.75) is 44.6 Å². The van der Waals surface area contributed by atoms with E-state index in [0.29, 0.717) is 18.7 Å². The SMILES string of the molecule is CCCC(C(=O)NC1CCN(C(=O)c2ccoc2)CC1)c1ccccc1. The smallest absolute Gasteiger partial charge is 0.257 e. The summed E-state index contributed by atoms with van der Waals surface area (Å²) >= 11 is 0. The van der Waals surface area contributed by atoms with E-state index >= 15 is 0 Å². The Balaban J connectivity index is 1.54. The molecule has 3 rings (SSSR count). The van der Waals surface area contributed by atoms with Gasteiger partial charge in [-0.25, -0.2) is 0 Å². The Bertz CT molecular complexity index is 704. The van der Waals surface area contributed by atoms with E-state index in [1.165, 1.54) is 12.5 Å². The van der Waals surface area contributed by atoms with Crippen LogP contribution in [0.3, 0.4) is 0 Å². The lowest BCUT2D eigenvalue weighted by Crippen LogP contribution is -2.47. The third kappa shape index (κ3) is 4.34. The second kappa shape index (κ2) is 8.70. The van der Waals surface area contributed by atoms with Gasteiger partial charge in [0.1, 0.15) is 6.26 Å². The molecule has 2 heterocycles. The fourth-order valence-corrected chi connectivity index (χ4v) is 3.52. The third-order valence-electron chi connectivity index (χ3n) is 4.99. The molecule has 138 valence electrons. The molecule has 1 aromatic heterocycles. The van der Waals surface area contributed by atoms with Gasteiger partial charge >= 0.3 is 0 Å². The highest BCUT2D eigenvalue weighted by Gasteiger charge is 2.27. The van der Waals surface area contributed by atoms with Crippen LogP contribution in [0.25, 0.3) is 0 Å². The summed E-state index contributed by atoms with van der Waals surface area (Å²) in [6.07, 6.45) is 6.35. The fraction of sp³-hybridized carbons (Fsp3) is 0.429. The number of carbonyl (C=O) groups is 2. The molecule has 0 radical (unpaired) electrons. The summed E-state index contributed by atoms with van der Waals surface area (Å²) in [5.41, 5.74) is 1.65. The fourth-order valence-electron chi connectivity index (χ4n) is 3.52. The molecule has 26 heavy (non-hydrogen) atoms. The molecule has 0 spiro atoms. The normalized spacial score (nSPS) is 16.3. The lowest BCUT2D eigenvalue weighted by molar-refractivity contribution is -0.123. The van der Waals surface area contributed by atoms with Gasteiger partial charge in [0.05, 0.1) is 17.7 Å². The lowest BCUT2D eigenvalue weighted by atomic mass is 9.92. The van der Waals surface area contributed by atoms with Crippen molar-refractivity contribution >= 4 is 11.8 Å². The second-order valence-electron chi connectivity index (χ2n) is 6.84. The summed E-state index contributed by atoms with van der Waals surface area (Å²) in [4.78, 5) is 27.0. The van der Waals surface area contributed by atoms with Gasteiger partial charge in [0.25, 0.3) is 5.91 Å². The number of likely N-dealkylation sites (tertiary alicyclic amines) is 1. The minimum atomic E-state index is -0.105. The van der Waals surface area contributed by atoms with Crippen LogP contribution in [0.4, 0.5) is 0 Å². The molecule has 1 fully saturated rings. The molecule has 1 aliphatic heterocycles. The predicted molar refractivity (Wildman–Crippen MR) is 99.9 cm³/mol. The monoisotopic (exact) mass is 354 g/mol. The van der Waals surface area contributed by atoms with Crippen molar-refractivity contribution in [1.29, 1.82) is 0 Å². The van der Waals surface area contributed by atoms with E-state index in [-0.39, 0.29) is 23.8 Å². The van der Waals surface area contributed by atoms with Crippen LogP contribution < -0.4 is 5.32 Å². The first-order valence-electron chi connectivity index (χ1n) is 9.35. The molecule has 1 atom stereocenters. The molecule has 0 saturated carbocycles. The predicted octanol–water partition coefficient (Wildman–Crippen LogP) is 3.58. The van der Waals surface area contributed by atoms with Gasteiger partial charge in [-0.05, 0) is 30.9 Å². The minimum absolute atomic E-state index is 0.00308. The Morgan fingerprint density at radius 2 is 1.92 bits per heavy atom. The van der Waals surface area contributed by atoms with Gasteiger partial charge in [-0.1, -0.05) is 43.7 Å². The number of nitrogens with zero attached hydrogens (tertiary/aromatic N) is 1. The van der Waals surface area contributed by atoms with Crippen LogP contribution in [-0.4, -0.2) is 35.8 Å². The lowest BCUT2D eigenvalue weighted by Gasteiger charge is -2.33. The van der Waals surface area contributed by atoms with Gasteiger partial charge in [-0.3, -0.25) is 9.59 Å². The molecule has 1 aromatic carbocycles. The van der Waals surface area contributed by atoms with E-state index < -0.39 is 0 Å².